The van der Waals surface area contributed by atoms with Gasteiger partial charge in [-0.3, -0.25) is 10.1 Å². The Morgan fingerprint density at radius 3 is 2.57 bits per heavy atom. The van der Waals surface area contributed by atoms with Gasteiger partial charge in [-0.1, -0.05) is 30.3 Å². The number of nitrogens with one attached hydrogen (secondary N) is 1. The third-order valence-electron chi connectivity index (χ3n) is 4.22. The smallest absolute Gasteiger partial charge is 0.219 e. The van der Waals surface area contributed by atoms with E-state index in [0.29, 0.717) is 25.9 Å². The van der Waals surface area contributed by atoms with Gasteiger partial charge in [-0.05, 0) is 37.8 Å². The summed E-state index contributed by atoms with van der Waals surface area (Å²) in [5.74, 6) is 0.102. The number of nitriles is 1. The molecule has 0 bridgehead atoms. The van der Waals surface area contributed by atoms with Crippen molar-refractivity contribution < 1.29 is 4.79 Å². The van der Waals surface area contributed by atoms with Crippen LogP contribution in [0.25, 0.3) is 0 Å². The molecule has 1 fully saturated rings. The summed E-state index contributed by atoms with van der Waals surface area (Å²) < 4.78 is 0. The molecule has 0 spiro atoms. The van der Waals surface area contributed by atoms with Crippen molar-refractivity contribution in [2.24, 2.45) is 0 Å². The van der Waals surface area contributed by atoms with Gasteiger partial charge >= 0.3 is 0 Å². The Labute approximate surface area is 126 Å². The predicted octanol–water partition coefficient (Wildman–Crippen LogP) is 2.11. The molecule has 4 nitrogen and oxygen atoms in total. The lowest BCUT2D eigenvalue weighted by Gasteiger charge is -2.37. The van der Waals surface area contributed by atoms with Crippen molar-refractivity contribution in [3.8, 4) is 6.07 Å². The van der Waals surface area contributed by atoms with Crippen LogP contribution in [0.5, 0.6) is 0 Å². The molecule has 1 N–H and O–H groups in total. The number of benzene rings is 1. The molecular weight excluding hydrogens is 262 g/mol. The minimum atomic E-state index is -0.456. The summed E-state index contributed by atoms with van der Waals surface area (Å²) in [6.07, 6.45) is 3.47. The highest BCUT2D eigenvalue weighted by molar-refractivity contribution is 5.73. The normalized spacial score (nSPS) is 17.2. The number of nitrogens with zero attached hydrogens (tertiary/aromatic N) is 2. The summed E-state index contributed by atoms with van der Waals surface area (Å²) in [6, 6.07) is 12.8. The molecule has 1 aromatic carbocycles. The Balaban J connectivity index is 1.76. The molecule has 1 amide bonds. The first-order valence-corrected chi connectivity index (χ1v) is 7.61. The zero-order valence-electron chi connectivity index (χ0n) is 12.6. The Kier molecular flexibility index (Phi) is 5.35. The number of carbonyl (C=O) groups is 1. The first kappa shape index (κ1) is 15.5. The van der Waals surface area contributed by atoms with E-state index < -0.39 is 5.54 Å². The Morgan fingerprint density at radius 1 is 1.33 bits per heavy atom. The SMILES string of the molecule is CC(=O)N1CCC(C#N)(NCCCc2ccccc2)CC1. The highest BCUT2D eigenvalue weighted by Crippen LogP contribution is 2.21. The molecule has 0 saturated carbocycles. The van der Waals surface area contributed by atoms with Crippen LogP contribution in [0.15, 0.2) is 30.3 Å². The summed E-state index contributed by atoms with van der Waals surface area (Å²) in [7, 11) is 0. The zero-order chi connectivity index (χ0) is 15.1. The average Bonchev–Trinajstić information content (AvgIpc) is 2.53. The first-order chi connectivity index (χ1) is 10.2. The second-order valence-electron chi connectivity index (χ2n) is 5.72. The van der Waals surface area contributed by atoms with Gasteiger partial charge in [0.1, 0.15) is 5.54 Å². The molecule has 0 atom stereocenters. The maximum absolute atomic E-state index is 11.3. The third-order valence-corrected chi connectivity index (χ3v) is 4.22. The molecule has 0 radical (unpaired) electrons. The Morgan fingerprint density at radius 2 is 2.00 bits per heavy atom. The number of likely N-dealkylation sites (tertiary alicyclic amines) is 1. The molecule has 2 rings (SSSR count). The van der Waals surface area contributed by atoms with Gasteiger partial charge in [0.05, 0.1) is 6.07 Å². The van der Waals surface area contributed by atoms with Crippen LogP contribution in [0, 0.1) is 11.3 Å². The van der Waals surface area contributed by atoms with Gasteiger partial charge in [0, 0.05) is 20.0 Å². The fraction of sp³-hybridized carbons (Fsp3) is 0.529. The van der Waals surface area contributed by atoms with Gasteiger partial charge in [-0.25, -0.2) is 0 Å². The van der Waals surface area contributed by atoms with E-state index in [1.54, 1.807) is 6.92 Å². The van der Waals surface area contributed by atoms with Gasteiger partial charge in [-0.2, -0.15) is 5.26 Å². The van der Waals surface area contributed by atoms with Gasteiger partial charge < -0.3 is 4.90 Å². The fourth-order valence-electron chi connectivity index (χ4n) is 2.80. The van der Waals surface area contributed by atoms with Gasteiger partial charge in [0.2, 0.25) is 5.91 Å². The molecule has 1 aromatic rings. The van der Waals surface area contributed by atoms with Gasteiger partial charge in [0.25, 0.3) is 0 Å². The Hall–Kier alpha value is -1.86. The lowest BCUT2D eigenvalue weighted by Crippen LogP contribution is -2.53. The quantitative estimate of drug-likeness (QED) is 0.843. The summed E-state index contributed by atoms with van der Waals surface area (Å²) in [5, 5.41) is 12.9. The average molecular weight is 285 g/mol. The van der Waals surface area contributed by atoms with E-state index in [1.165, 1.54) is 5.56 Å². The minimum absolute atomic E-state index is 0.102. The van der Waals surface area contributed by atoms with Crippen molar-refractivity contribution >= 4 is 5.91 Å². The number of hydrogen-bond donors (Lipinski definition) is 1. The summed E-state index contributed by atoms with van der Waals surface area (Å²) in [4.78, 5) is 13.2. The minimum Gasteiger partial charge on any atom is -0.343 e. The van der Waals surface area contributed by atoms with Crippen molar-refractivity contribution in [3.05, 3.63) is 35.9 Å². The number of aryl methyl sites for hydroxylation is 1. The van der Waals surface area contributed by atoms with Crippen molar-refractivity contribution in [1.82, 2.24) is 10.2 Å². The summed E-state index contributed by atoms with van der Waals surface area (Å²) >= 11 is 0. The largest absolute Gasteiger partial charge is 0.343 e. The molecule has 1 heterocycles. The summed E-state index contributed by atoms with van der Waals surface area (Å²) in [5.41, 5.74) is 0.875. The number of hydrogen-bond acceptors (Lipinski definition) is 3. The first-order valence-electron chi connectivity index (χ1n) is 7.61. The maximum atomic E-state index is 11.3. The molecule has 1 aliphatic heterocycles. The number of amides is 1. The van der Waals surface area contributed by atoms with Crippen LogP contribution in [-0.4, -0.2) is 36.0 Å². The Bertz CT molecular complexity index is 499. The zero-order valence-corrected chi connectivity index (χ0v) is 12.6. The highest BCUT2D eigenvalue weighted by atomic mass is 16.2. The molecule has 0 aromatic heterocycles. The predicted molar refractivity (Wildman–Crippen MR) is 82.6 cm³/mol. The van der Waals surface area contributed by atoms with E-state index in [2.05, 4.69) is 35.7 Å². The van der Waals surface area contributed by atoms with Crippen molar-refractivity contribution in [2.75, 3.05) is 19.6 Å². The lowest BCUT2D eigenvalue weighted by atomic mass is 9.88. The van der Waals surface area contributed by atoms with E-state index in [1.807, 2.05) is 11.0 Å². The number of carbonyl (C=O) groups excluding carboxylic acids is 1. The molecule has 21 heavy (non-hydrogen) atoms. The van der Waals surface area contributed by atoms with Crippen LogP contribution in [0.2, 0.25) is 0 Å². The van der Waals surface area contributed by atoms with Crippen LogP contribution in [0.4, 0.5) is 0 Å². The van der Waals surface area contributed by atoms with Crippen molar-refractivity contribution in [3.63, 3.8) is 0 Å². The second kappa shape index (κ2) is 7.24. The van der Waals surface area contributed by atoms with Crippen LogP contribution < -0.4 is 5.32 Å². The van der Waals surface area contributed by atoms with Gasteiger partial charge in [0.15, 0.2) is 0 Å². The molecule has 1 aliphatic rings. The standard InChI is InChI=1S/C17H23N3O/c1-15(21)20-12-9-17(14-18,10-13-20)19-11-5-8-16-6-3-2-4-7-16/h2-4,6-7,19H,5,8-13H2,1H3. The topological polar surface area (TPSA) is 56.1 Å². The number of piperidine rings is 1. The molecule has 112 valence electrons. The van der Waals surface area contributed by atoms with Crippen LogP contribution in [0.1, 0.15) is 31.7 Å². The molecule has 4 heteroatoms. The second-order valence-corrected chi connectivity index (χ2v) is 5.72. The highest BCUT2D eigenvalue weighted by Gasteiger charge is 2.34. The van der Waals surface area contributed by atoms with Gasteiger partial charge in [-0.15, -0.1) is 0 Å². The fourth-order valence-corrected chi connectivity index (χ4v) is 2.80. The number of rotatable bonds is 5. The summed E-state index contributed by atoms with van der Waals surface area (Å²) in [6.45, 7) is 3.78. The maximum Gasteiger partial charge on any atom is 0.219 e. The molecule has 0 aliphatic carbocycles. The molecule has 1 saturated heterocycles. The van der Waals surface area contributed by atoms with Crippen molar-refractivity contribution in [2.45, 2.75) is 38.1 Å². The van der Waals surface area contributed by atoms with Crippen molar-refractivity contribution in [1.29, 1.82) is 5.26 Å². The van der Waals surface area contributed by atoms with E-state index in [9.17, 15) is 10.1 Å². The molecule has 0 unspecified atom stereocenters. The van der Waals surface area contributed by atoms with Crippen LogP contribution in [-0.2, 0) is 11.2 Å². The van der Waals surface area contributed by atoms with E-state index in [-0.39, 0.29) is 5.91 Å². The third kappa shape index (κ3) is 4.30. The van der Waals surface area contributed by atoms with Crippen LogP contribution >= 0.6 is 0 Å². The van der Waals surface area contributed by atoms with E-state index in [4.69, 9.17) is 0 Å². The van der Waals surface area contributed by atoms with E-state index >= 15 is 0 Å². The molecular formula is C17H23N3O. The monoisotopic (exact) mass is 285 g/mol. The lowest BCUT2D eigenvalue weighted by molar-refractivity contribution is -0.130. The van der Waals surface area contributed by atoms with Crippen LogP contribution in [0.3, 0.4) is 0 Å². The van der Waals surface area contributed by atoms with E-state index in [0.717, 1.165) is 19.4 Å².